The van der Waals surface area contributed by atoms with E-state index in [1.807, 2.05) is 18.2 Å². The fraction of sp³-hybridized carbons (Fsp3) is 0.278. The number of nitriles is 1. The maximum absolute atomic E-state index is 11.7. The van der Waals surface area contributed by atoms with Crippen LogP contribution in [0.2, 0.25) is 0 Å². The minimum absolute atomic E-state index is 0.145. The van der Waals surface area contributed by atoms with Crippen molar-refractivity contribution in [2.75, 3.05) is 6.61 Å². The molecule has 0 radical (unpaired) electrons. The lowest BCUT2D eigenvalue weighted by Crippen LogP contribution is -2.15. The molecule has 0 unspecified atom stereocenters. The van der Waals surface area contributed by atoms with Crippen LogP contribution in [0.15, 0.2) is 36.8 Å². The zero-order chi connectivity index (χ0) is 16.2. The van der Waals surface area contributed by atoms with Crippen molar-refractivity contribution >= 4 is 11.5 Å². The van der Waals surface area contributed by atoms with Gasteiger partial charge in [0, 0.05) is 5.57 Å². The van der Waals surface area contributed by atoms with Gasteiger partial charge in [-0.1, -0.05) is 12.1 Å². The number of ether oxygens (including phenoxy) is 1. The molecule has 0 saturated carbocycles. The normalized spacial score (nSPS) is 13.0. The second-order valence-corrected chi connectivity index (χ2v) is 5.35. The molecule has 2 aromatic rings. The van der Waals surface area contributed by atoms with E-state index in [1.165, 1.54) is 0 Å². The molecule has 3 rings (SSSR count). The molecule has 0 fully saturated rings. The summed E-state index contributed by atoms with van der Waals surface area (Å²) in [6.07, 6.45) is 7.39. The Bertz CT molecular complexity index is 812. The molecule has 1 heterocycles. The number of fused-ring (bicyclic) bond motifs is 1. The van der Waals surface area contributed by atoms with E-state index in [9.17, 15) is 4.79 Å². The van der Waals surface area contributed by atoms with Crippen LogP contribution in [0.3, 0.4) is 0 Å². The van der Waals surface area contributed by atoms with Crippen molar-refractivity contribution in [2.45, 2.75) is 26.3 Å². The smallest absolute Gasteiger partial charge is 0.325 e. The lowest BCUT2D eigenvalue weighted by molar-refractivity contribution is -0.143. The fourth-order valence-corrected chi connectivity index (χ4v) is 2.87. The first-order valence-corrected chi connectivity index (χ1v) is 7.62. The number of allylic oxidation sites excluding steroid dienone is 1. The Morgan fingerprint density at radius 3 is 3.13 bits per heavy atom. The molecule has 0 spiro atoms. The third-order valence-electron chi connectivity index (χ3n) is 3.88. The van der Waals surface area contributed by atoms with E-state index in [0.717, 1.165) is 35.2 Å². The Morgan fingerprint density at radius 1 is 1.48 bits per heavy atom. The molecule has 1 aromatic carbocycles. The lowest BCUT2D eigenvalue weighted by atomic mass is 9.88. The van der Waals surface area contributed by atoms with Crippen LogP contribution in [0.1, 0.15) is 35.7 Å². The molecule has 5 heteroatoms. The number of benzene rings is 1. The molecule has 0 saturated heterocycles. The van der Waals surface area contributed by atoms with Crippen molar-refractivity contribution in [3.05, 3.63) is 59.2 Å². The topological polar surface area (TPSA) is 67.9 Å². The molecule has 1 aromatic heterocycles. The van der Waals surface area contributed by atoms with Crippen molar-refractivity contribution < 1.29 is 9.53 Å². The number of aromatic nitrogens is 2. The van der Waals surface area contributed by atoms with Gasteiger partial charge in [-0.15, -0.1) is 0 Å². The van der Waals surface area contributed by atoms with Crippen LogP contribution < -0.4 is 0 Å². The number of esters is 1. The molecule has 1 aliphatic carbocycles. The molecule has 0 N–H and O–H groups in total. The number of aryl methyl sites for hydroxylation is 1. The Hall–Kier alpha value is -2.87. The monoisotopic (exact) mass is 307 g/mol. The fourth-order valence-electron chi connectivity index (χ4n) is 2.87. The maximum Gasteiger partial charge on any atom is 0.325 e. The Labute approximate surface area is 134 Å². The van der Waals surface area contributed by atoms with Gasteiger partial charge in [-0.25, -0.2) is 4.98 Å². The first kappa shape index (κ1) is 15.0. The summed E-state index contributed by atoms with van der Waals surface area (Å²) < 4.78 is 6.82. The number of carbonyl (C=O) groups is 1. The number of rotatable bonds is 4. The average molecular weight is 307 g/mol. The highest BCUT2D eigenvalue weighted by molar-refractivity contribution is 5.82. The summed E-state index contributed by atoms with van der Waals surface area (Å²) in [5, 5.41) is 9.05. The SMILES string of the molecule is CCOC(=O)Cn1cncc1C1=CCCc2cc(C#N)ccc21. The maximum atomic E-state index is 11.7. The van der Waals surface area contributed by atoms with Crippen molar-refractivity contribution in [1.82, 2.24) is 9.55 Å². The molecule has 1 aliphatic rings. The zero-order valence-corrected chi connectivity index (χ0v) is 13.0. The number of nitrogens with zero attached hydrogens (tertiary/aromatic N) is 3. The van der Waals surface area contributed by atoms with Gasteiger partial charge in [0.15, 0.2) is 0 Å². The van der Waals surface area contributed by atoms with Crippen molar-refractivity contribution in [2.24, 2.45) is 0 Å². The van der Waals surface area contributed by atoms with E-state index in [4.69, 9.17) is 10.00 Å². The van der Waals surface area contributed by atoms with Gasteiger partial charge in [0.25, 0.3) is 0 Å². The van der Waals surface area contributed by atoms with E-state index in [0.29, 0.717) is 12.2 Å². The third kappa shape index (κ3) is 3.02. The Morgan fingerprint density at radius 2 is 2.35 bits per heavy atom. The predicted molar refractivity (Wildman–Crippen MR) is 85.4 cm³/mol. The molecular formula is C18H17N3O2. The van der Waals surface area contributed by atoms with Gasteiger partial charge in [0.05, 0.1) is 36.5 Å². The minimum atomic E-state index is -0.275. The highest BCUT2D eigenvalue weighted by atomic mass is 16.5. The summed E-state index contributed by atoms with van der Waals surface area (Å²) in [7, 11) is 0. The quantitative estimate of drug-likeness (QED) is 0.814. The van der Waals surface area contributed by atoms with Gasteiger partial charge in [0.2, 0.25) is 0 Å². The first-order valence-electron chi connectivity index (χ1n) is 7.62. The number of hydrogen-bond donors (Lipinski definition) is 0. The van der Waals surface area contributed by atoms with Crippen LogP contribution in [0.4, 0.5) is 0 Å². The van der Waals surface area contributed by atoms with E-state index in [-0.39, 0.29) is 12.5 Å². The molecule has 0 amide bonds. The van der Waals surface area contributed by atoms with Gasteiger partial charge in [-0.3, -0.25) is 4.79 Å². The van der Waals surface area contributed by atoms with Crippen LogP contribution in [-0.4, -0.2) is 22.1 Å². The van der Waals surface area contributed by atoms with Crippen molar-refractivity contribution in [1.29, 1.82) is 5.26 Å². The molecule has 0 atom stereocenters. The lowest BCUT2D eigenvalue weighted by Gasteiger charge is -2.19. The van der Waals surface area contributed by atoms with Crippen LogP contribution in [-0.2, 0) is 22.5 Å². The van der Waals surface area contributed by atoms with Gasteiger partial charge in [0.1, 0.15) is 6.54 Å². The Balaban J connectivity index is 1.95. The van der Waals surface area contributed by atoms with Crippen molar-refractivity contribution in [3.63, 3.8) is 0 Å². The highest BCUT2D eigenvalue weighted by Crippen LogP contribution is 2.32. The first-order chi connectivity index (χ1) is 11.2. The van der Waals surface area contributed by atoms with Gasteiger partial charge in [-0.2, -0.15) is 5.26 Å². The summed E-state index contributed by atoms with van der Waals surface area (Å²) >= 11 is 0. The molecule has 0 bridgehead atoms. The van der Waals surface area contributed by atoms with E-state index < -0.39 is 0 Å². The average Bonchev–Trinajstić information content (AvgIpc) is 3.01. The summed E-state index contributed by atoms with van der Waals surface area (Å²) in [6, 6.07) is 7.92. The van der Waals surface area contributed by atoms with Gasteiger partial charge in [-0.05, 0) is 43.0 Å². The predicted octanol–water partition coefficient (Wildman–Crippen LogP) is 2.70. The zero-order valence-electron chi connectivity index (χ0n) is 13.0. The van der Waals surface area contributed by atoms with E-state index in [2.05, 4.69) is 17.1 Å². The van der Waals surface area contributed by atoms with Crippen LogP contribution in [0, 0.1) is 11.3 Å². The largest absolute Gasteiger partial charge is 0.465 e. The van der Waals surface area contributed by atoms with Gasteiger partial charge < -0.3 is 9.30 Å². The summed E-state index contributed by atoms with van der Waals surface area (Å²) in [5.74, 6) is -0.275. The molecular weight excluding hydrogens is 290 g/mol. The standard InChI is InChI=1S/C18H17N3O2/c1-2-23-18(22)11-21-12-20-10-17(21)16-5-3-4-14-8-13(9-19)6-7-15(14)16/h5-8,10,12H,2-4,11H2,1H3. The summed E-state index contributed by atoms with van der Waals surface area (Å²) in [4.78, 5) is 15.9. The van der Waals surface area contributed by atoms with Crippen LogP contribution >= 0.6 is 0 Å². The van der Waals surface area contributed by atoms with Crippen LogP contribution in [0.25, 0.3) is 5.57 Å². The van der Waals surface area contributed by atoms with Crippen molar-refractivity contribution in [3.8, 4) is 6.07 Å². The third-order valence-corrected chi connectivity index (χ3v) is 3.88. The molecule has 5 nitrogen and oxygen atoms in total. The summed E-state index contributed by atoms with van der Waals surface area (Å²) in [6.45, 7) is 2.30. The van der Waals surface area contributed by atoms with E-state index >= 15 is 0 Å². The minimum Gasteiger partial charge on any atom is -0.465 e. The second kappa shape index (κ2) is 6.49. The van der Waals surface area contributed by atoms with Crippen LogP contribution in [0.5, 0.6) is 0 Å². The highest BCUT2D eigenvalue weighted by Gasteiger charge is 2.18. The van der Waals surface area contributed by atoms with E-state index in [1.54, 1.807) is 24.0 Å². The second-order valence-electron chi connectivity index (χ2n) is 5.35. The Kier molecular flexibility index (Phi) is 4.24. The molecule has 23 heavy (non-hydrogen) atoms. The van der Waals surface area contributed by atoms with Gasteiger partial charge >= 0.3 is 5.97 Å². The molecule has 116 valence electrons. The number of hydrogen-bond acceptors (Lipinski definition) is 4. The summed E-state index contributed by atoms with van der Waals surface area (Å²) in [5.41, 5.74) is 4.87. The number of carbonyl (C=O) groups excluding carboxylic acids is 1. The number of imidazole rings is 1. The molecule has 0 aliphatic heterocycles.